The largest absolute Gasteiger partial charge is 0.465 e. The van der Waals surface area contributed by atoms with E-state index in [0.717, 1.165) is 5.56 Å². The number of methoxy groups -OCH3 is 1. The van der Waals surface area contributed by atoms with Crippen molar-refractivity contribution >= 4 is 11.9 Å². The van der Waals surface area contributed by atoms with Gasteiger partial charge in [-0.25, -0.2) is 4.79 Å². The van der Waals surface area contributed by atoms with Crippen LogP contribution < -0.4 is 5.73 Å². The van der Waals surface area contributed by atoms with Gasteiger partial charge in [-0.05, 0) is 38.5 Å². The van der Waals surface area contributed by atoms with Gasteiger partial charge in [0.1, 0.15) is 5.60 Å². The van der Waals surface area contributed by atoms with Gasteiger partial charge >= 0.3 is 11.9 Å². The minimum absolute atomic E-state index is 0.0921. The van der Waals surface area contributed by atoms with E-state index < -0.39 is 17.6 Å². The first-order chi connectivity index (χ1) is 9.23. The lowest BCUT2D eigenvalue weighted by molar-refractivity contribution is -0.155. The zero-order chi connectivity index (χ0) is 15.3. The van der Waals surface area contributed by atoms with E-state index in [1.165, 1.54) is 7.11 Å². The van der Waals surface area contributed by atoms with E-state index in [9.17, 15) is 9.59 Å². The molecule has 0 amide bonds. The Bertz CT molecular complexity index is 474. The molecule has 1 aromatic rings. The Morgan fingerprint density at radius 1 is 1.20 bits per heavy atom. The van der Waals surface area contributed by atoms with E-state index in [0.29, 0.717) is 5.56 Å². The molecule has 20 heavy (non-hydrogen) atoms. The van der Waals surface area contributed by atoms with Gasteiger partial charge in [0, 0.05) is 6.04 Å². The maximum absolute atomic E-state index is 11.7. The molecule has 110 valence electrons. The van der Waals surface area contributed by atoms with Crippen LogP contribution in [0, 0.1) is 0 Å². The Kier molecular flexibility index (Phi) is 5.27. The van der Waals surface area contributed by atoms with Crippen molar-refractivity contribution < 1.29 is 19.1 Å². The highest BCUT2D eigenvalue weighted by atomic mass is 16.6. The Morgan fingerprint density at radius 3 is 2.20 bits per heavy atom. The number of benzene rings is 1. The first-order valence-corrected chi connectivity index (χ1v) is 6.38. The van der Waals surface area contributed by atoms with Crippen molar-refractivity contribution in [2.75, 3.05) is 7.11 Å². The molecule has 0 bridgehead atoms. The number of ether oxygens (including phenoxy) is 2. The van der Waals surface area contributed by atoms with Crippen molar-refractivity contribution in [3.8, 4) is 0 Å². The Labute approximate surface area is 119 Å². The fraction of sp³-hybridized carbons (Fsp3) is 0.467. The van der Waals surface area contributed by atoms with Crippen molar-refractivity contribution in [1.82, 2.24) is 0 Å². The first kappa shape index (κ1) is 16.2. The molecule has 0 fully saturated rings. The summed E-state index contributed by atoms with van der Waals surface area (Å²) in [5.41, 5.74) is 6.65. The van der Waals surface area contributed by atoms with Crippen LogP contribution in [0.25, 0.3) is 0 Å². The molecule has 0 saturated heterocycles. The second-order valence-corrected chi connectivity index (χ2v) is 5.51. The zero-order valence-electron chi connectivity index (χ0n) is 12.3. The van der Waals surface area contributed by atoms with Crippen LogP contribution in [-0.2, 0) is 14.3 Å². The summed E-state index contributed by atoms with van der Waals surface area (Å²) in [6.07, 6.45) is 0.0921. The molecule has 2 N–H and O–H groups in total. The monoisotopic (exact) mass is 279 g/mol. The van der Waals surface area contributed by atoms with Crippen LogP contribution in [0.15, 0.2) is 24.3 Å². The predicted octanol–water partition coefficient (Wildman–Crippen LogP) is 2.20. The van der Waals surface area contributed by atoms with Crippen LogP contribution in [0.3, 0.4) is 0 Å². The third-order valence-electron chi connectivity index (χ3n) is 2.57. The number of rotatable bonds is 4. The second kappa shape index (κ2) is 6.52. The Balaban J connectivity index is 2.66. The highest BCUT2D eigenvalue weighted by Crippen LogP contribution is 2.18. The molecule has 5 heteroatoms. The number of hydrogen-bond donors (Lipinski definition) is 1. The molecule has 0 aliphatic carbocycles. The SMILES string of the molecule is COC(=O)c1ccc([C@@H](N)CC(=O)OC(C)(C)C)cc1. The smallest absolute Gasteiger partial charge is 0.337 e. The van der Waals surface area contributed by atoms with Gasteiger partial charge in [-0.3, -0.25) is 4.79 Å². The molecule has 5 nitrogen and oxygen atoms in total. The molecule has 0 aliphatic rings. The van der Waals surface area contributed by atoms with Gasteiger partial charge in [0.05, 0.1) is 19.1 Å². The van der Waals surface area contributed by atoms with Gasteiger partial charge in [0.15, 0.2) is 0 Å². The van der Waals surface area contributed by atoms with Gasteiger partial charge < -0.3 is 15.2 Å². The van der Waals surface area contributed by atoms with Crippen LogP contribution in [0.5, 0.6) is 0 Å². The van der Waals surface area contributed by atoms with E-state index >= 15 is 0 Å². The van der Waals surface area contributed by atoms with Gasteiger partial charge in [-0.15, -0.1) is 0 Å². The average molecular weight is 279 g/mol. The summed E-state index contributed by atoms with van der Waals surface area (Å²) in [6.45, 7) is 5.42. The molecule has 0 unspecified atom stereocenters. The van der Waals surface area contributed by atoms with Crippen molar-refractivity contribution in [2.45, 2.75) is 38.8 Å². The minimum atomic E-state index is -0.522. The lowest BCUT2D eigenvalue weighted by Gasteiger charge is -2.21. The Morgan fingerprint density at radius 2 is 1.75 bits per heavy atom. The summed E-state index contributed by atoms with van der Waals surface area (Å²) in [6, 6.07) is 6.20. The van der Waals surface area contributed by atoms with E-state index in [-0.39, 0.29) is 12.4 Å². The average Bonchev–Trinajstić information content (AvgIpc) is 2.35. The normalized spacial score (nSPS) is 12.7. The van der Waals surface area contributed by atoms with Crippen molar-refractivity contribution in [3.63, 3.8) is 0 Å². The highest BCUT2D eigenvalue weighted by molar-refractivity contribution is 5.89. The van der Waals surface area contributed by atoms with E-state index in [4.69, 9.17) is 10.5 Å². The minimum Gasteiger partial charge on any atom is -0.465 e. The van der Waals surface area contributed by atoms with Gasteiger partial charge in [0.25, 0.3) is 0 Å². The molecular weight excluding hydrogens is 258 g/mol. The van der Waals surface area contributed by atoms with E-state index in [2.05, 4.69) is 4.74 Å². The summed E-state index contributed by atoms with van der Waals surface area (Å²) >= 11 is 0. The summed E-state index contributed by atoms with van der Waals surface area (Å²) in [7, 11) is 1.32. The molecule has 0 saturated carbocycles. The molecule has 0 aliphatic heterocycles. The molecule has 0 aromatic heterocycles. The summed E-state index contributed by atoms with van der Waals surface area (Å²) < 4.78 is 9.83. The van der Waals surface area contributed by atoms with Crippen LogP contribution >= 0.6 is 0 Å². The number of nitrogens with two attached hydrogens (primary N) is 1. The fourth-order valence-electron chi connectivity index (χ4n) is 1.66. The van der Waals surface area contributed by atoms with Crippen LogP contribution in [0.4, 0.5) is 0 Å². The molecular formula is C15H21NO4. The van der Waals surface area contributed by atoms with Gasteiger partial charge in [0.2, 0.25) is 0 Å². The maximum atomic E-state index is 11.7. The molecule has 1 rings (SSSR count). The maximum Gasteiger partial charge on any atom is 0.337 e. The molecule has 1 atom stereocenters. The van der Waals surface area contributed by atoms with Crippen LogP contribution in [-0.4, -0.2) is 24.6 Å². The summed E-state index contributed by atoms with van der Waals surface area (Å²) in [5, 5.41) is 0. The molecule has 1 aromatic carbocycles. The standard InChI is InChI=1S/C15H21NO4/c1-15(2,3)20-13(17)9-12(16)10-5-7-11(8-6-10)14(18)19-4/h5-8,12H,9,16H2,1-4H3/t12-/m0/s1. The lowest BCUT2D eigenvalue weighted by Crippen LogP contribution is -2.26. The molecule has 0 spiro atoms. The highest BCUT2D eigenvalue weighted by Gasteiger charge is 2.19. The summed E-state index contributed by atoms with van der Waals surface area (Å²) in [4.78, 5) is 23.0. The zero-order valence-corrected chi connectivity index (χ0v) is 12.3. The van der Waals surface area contributed by atoms with E-state index in [1.54, 1.807) is 24.3 Å². The third kappa shape index (κ3) is 5.01. The van der Waals surface area contributed by atoms with Crippen molar-refractivity contribution in [1.29, 1.82) is 0 Å². The van der Waals surface area contributed by atoms with Crippen LogP contribution in [0.1, 0.15) is 49.2 Å². The van der Waals surface area contributed by atoms with Crippen LogP contribution in [0.2, 0.25) is 0 Å². The third-order valence-corrected chi connectivity index (χ3v) is 2.57. The number of hydrogen-bond acceptors (Lipinski definition) is 5. The predicted molar refractivity (Wildman–Crippen MR) is 75.2 cm³/mol. The topological polar surface area (TPSA) is 78.6 Å². The first-order valence-electron chi connectivity index (χ1n) is 6.38. The van der Waals surface area contributed by atoms with Crippen molar-refractivity contribution in [3.05, 3.63) is 35.4 Å². The fourth-order valence-corrected chi connectivity index (χ4v) is 1.66. The van der Waals surface area contributed by atoms with E-state index in [1.807, 2.05) is 20.8 Å². The number of esters is 2. The summed E-state index contributed by atoms with van der Waals surface area (Å²) in [5.74, 6) is -0.751. The lowest BCUT2D eigenvalue weighted by atomic mass is 10.0. The molecule has 0 heterocycles. The van der Waals surface area contributed by atoms with Gasteiger partial charge in [-0.2, -0.15) is 0 Å². The Hall–Kier alpha value is -1.88. The molecule has 0 radical (unpaired) electrons. The van der Waals surface area contributed by atoms with Gasteiger partial charge in [-0.1, -0.05) is 12.1 Å². The quantitative estimate of drug-likeness (QED) is 0.855. The second-order valence-electron chi connectivity index (χ2n) is 5.51. The van der Waals surface area contributed by atoms with Crippen molar-refractivity contribution in [2.24, 2.45) is 5.73 Å². The number of carbonyl (C=O) groups excluding carboxylic acids is 2. The number of carbonyl (C=O) groups is 2.